The van der Waals surface area contributed by atoms with Crippen LogP contribution < -0.4 is 21.7 Å². The lowest BCUT2D eigenvalue weighted by molar-refractivity contribution is -0.137. The van der Waals surface area contributed by atoms with E-state index in [-0.39, 0.29) is 38.8 Å². The van der Waals surface area contributed by atoms with Gasteiger partial charge in [-0.15, -0.1) is 0 Å². The minimum absolute atomic E-state index is 0.0364. The maximum absolute atomic E-state index is 12.4. The lowest BCUT2D eigenvalue weighted by Gasteiger charge is -2.18. The van der Waals surface area contributed by atoms with Gasteiger partial charge in [-0.05, 0) is 0 Å². The van der Waals surface area contributed by atoms with E-state index < -0.39 is 35.8 Å². The Morgan fingerprint density at radius 2 is 1.52 bits per heavy atom. The van der Waals surface area contributed by atoms with E-state index in [9.17, 15) is 19.2 Å². The van der Waals surface area contributed by atoms with Crippen LogP contribution in [0.5, 0.6) is 0 Å². The number of imidazole rings is 2. The van der Waals surface area contributed by atoms with Crippen molar-refractivity contribution in [2.75, 3.05) is 13.1 Å². The number of hydrogen-bond acceptors (Lipinski definition) is 7. The zero-order valence-electron chi connectivity index (χ0n) is 16.8. The number of carboxylic acid groups (broad SMARTS) is 1. The van der Waals surface area contributed by atoms with E-state index in [1.54, 1.807) is 12.4 Å². The van der Waals surface area contributed by atoms with E-state index in [0.717, 1.165) is 0 Å². The van der Waals surface area contributed by atoms with Gasteiger partial charge in [-0.3, -0.25) is 19.2 Å². The van der Waals surface area contributed by atoms with Gasteiger partial charge < -0.3 is 36.8 Å². The van der Waals surface area contributed by atoms with E-state index in [0.29, 0.717) is 11.4 Å². The predicted octanol–water partition coefficient (Wildman–Crippen LogP) is -2.17. The van der Waals surface area contributed by atoms with Crippen molar-refractivity contribution in [3.05, 3.63) is 36.4 Å². The summed E-state index contributed by atoms with van der Waals surface area (Å²) in [4.78, 5) is 60.8. The third-order valence-corrected chi connectivity index (χ3v) is 4.23. The van der Waals surface area contributed by atoms with Crippen LogP contribution in [0.25, 0.3) is 0 Å². The molecular formula is C18H26N8O5. The highest BCUT2D eigenvalue weighted by Crippen LogP contribution is 2.00. The minimum atomic E-state index is -1.05. The Morgan fingerprint density at radius 1 is 0.935 bits per heavy atom. The summed E-state index contributed by atoms with van der Waals surface area (Å²) < 4.78 is 0. The Hall–Kier alpha value is -3.74. The summed E-state index contributed by atoms with van der Waals surface area (Å²) >= 11 is 0. The Balaban J connectivity index is 1.79. The monoisotopic (exact) mass is 434 g/mol. The quantitative estimate of drug-likeness (QED) is 0.184. The van der Waals surface area contributed by atoms with Crippen molar-refractivity contribution in [2.45, 2.75) is 37.8 Å². The van der Waals surface area contributed by atoms with Crippen molar-refractivity contribution >= 4 is 23.7 Å². The smallest absolute Gasteiger partial charge is 0.305 e. The van der Waals surface area contributed by atoms with Crippen molar-refractivity contribution in [1.82, 2.24) is 35.9 Å². The summed E-state index contributed by atoms with van der Waals surface area (Å²) in [6, 6.07) is -1.75. The number of carboxylic acids is 1. The average molecular weight is 434 g/mol. The number of hydrogen-bond donors (Lipinski definition) is 7. The summed E-state index contributed by atoms with van der Waals surface area (Å²) in [5, 5.41) is 16.3. The number of carbonyl (C=O) groups is 4. The fraction of sp³-hybridized carbons (Fsp3) is 0.444. The molecule has 2 heterocycles. The molecule has 0 bridgehead atoms. The topological polar surface area (TPSA) is 208 Å². The number of aromatic amines is 2. The summed E-state index contributed by atoms with van der Waals surface area (Å²) in [7, 11) is 0. The van der Waals surface area contributed by atoms with Crippen LogP contribution in [0.2, 0.25) is 0 Å². The van der Waals surface area contributed by atoms with Gasteiger partial charge in [0, 0.05) is 44.7 Å². The zero-order valence-corrected chi connectivity index (χ0v) is 16.8. The number of nitrogens with zero attached hydrogens (tertiary/aromatic N) is 2. The Bertz CT molecular complexity index is 852. The summed E-state index contributed by atoms with van der Waals surface area (Å²) in [6.45, 7) is -0.0280. The first-order chi connectivity index (χ1) is 14.8. The van der Waals surface area contributed by atoms with Crippen LogP contribution in [0.1, 0.15) is 24.2 Å². The maximum Gasteiger partial charge on any atom is 0.305 e. The van der Waals surface area contributed by atoms with E-state index >= 15 is 0 Å². The minimum Gasteiger partial charge on any atom is -0.481 e. The highest BCUT2D eigenvalue weighted by Gasteiger charge is 2.22. The van der Waals surface area contributed by atoms with Crippen molar-refractivity contribution in [2.24, 2.45) is 5.73 Å². The van der Waals surface area contributed by atoms with Crippen LogP contribution in [-0.4, -0.2) is 73.9 Å². The molecule has 168 valence electrons. The molecule has 13 nitrogen and oxygen atoms in total. The second kappa shape index (κ2) is 12.1. The molecule has 2 aromatic rings. The lowest BCUT2D eigenvalue weighted by Crippen LogP contribution is -2.49. The van der Waals surface area contributed by atoms with Gasteiger partial charge in [-0.25, -0.2) is 9.97 Å². The molecule has 0 aliphatic carbocycles. The summed E-state index contributed by atoms with van der Waals surface area (Å²) in [6.07, 6.45) is 6.23. The van der Waals surface area contributed by atoms with Gasteiger partial charge in [-0.1, -0.05) is 0 Å². The third-order valence-electron chi connectivity index (χ3n) is 4.23. The molecule has 8 N–H and O–H groups in total. The molecule has 31 heavy (non-hydrogen) atoms. The molecule has 0 unspecified atom stereocenters. The maximum atomic E-state index is 12.4. The number of nitrogens with two attached hydrogens (primary N) is 1. The number of H-pyrrole nitrogens is 2. The van der Waals surface area contributed by atoms with E-state index in [2.05, 4.69) is 35.9 Å². The number of nitrogens with one attached hydrogen (secondary N) is 5. The van der Waals surface area contributed by atoms with Crippen molar-refractivity contribution < 1.29 is 24.3 Å². The first kappa shape index (κ1) is 23.5. The Labute approximate surface area is 177 Å². The largest absolute Gasteiger partial charge is 0.481 e. The van der Waals surface area contributed by atoms with Crippen LogP contribution in [0.3, 0.4) is 0 Å². The van der Waals surface area contributed by atoms with Gasteiger partial charge >= 0.3 is 5.97 Å². The molecule has 0 aliphatic heterocycles. The molecule has 2 rings (SSSR count). The van der Waals surface area contributed by atoms with Crippen LogP contribution in [-0.2, 0) is 32.0 Å². The van der Waals surface area contributed by atoms with Gasteiger partial charge in [0.05, 0.1) is 36.5 Å². The number of amides is 3. The molecule has 2 aromatic heterocycles. The molecule has 3 amide bonds. The van der Waals surface area contributed by atoms with Crippen molar-refractivity contribution in [1.29, 1.82) is 0 Å². The lowest BCUT2D eigenvalue weighted by atomic mass is 10.1. The van der Waals surface area contributed by atoms with E-state index in [1.807, 2.05) is 0 Å². The summed E-state index contributed by atoms with van der Waals surface area (Å²) in [5.41, 5.74) is 7.02. The second-order valence-electron chi connectivity index (χ2n) is 6.73. The third kappa shape index (κ3) is 8.65. The molecule has 0 spiro atoms. The van der Waals surface area contributed by atoms with Gasteiger partial charge in [-0.2, -0.15) is 0 Å². The van der Waals surface area contributed by atoms with Gasteiger partial charge in [0.25, 0.3) is 0 Å². The first-order valence-corrected chi connectivity index (χ1v) is 9.62. The number of rotatable bonds is 13. The van der Waals surface area contributed by atoms with Crippen LogP contribution >= 0.6 is 0 Å². The Kier molecular flexibility index (Phi) is 9.16. The fourth-order valence-corrected chi connectivity index (χ4v) is 2.65. The van der Waals surface area contributed by atoms with Crippen LogP contribution in [0.4, 0.5) is 0 Å². The molecule has 0 radical (unpaired) electrons. The number of carbonyl (C=O) groups excluding carboxylic acids is 3. The first-order valence-electron chi connectivity index (χ1n) is 9.62. The molecule has 0 saturated heterocycles. The molecular weight excluding hydrogens is 408 g/mol. The van der Waals surface area contributed by atoms with E-state index in [4.69, 9.17) is 10.8 Å². The fourth-order valence-electron chi connectivity index (χ4n) is 2.65. The van der Waals surface area contributed by atoms with E-state index in [1.165, 1.54) is 12.7 Å². The average Bonchev–Trinajstić information content (AvgIpc) is 3.41. The predicted molar refractivity (Wildman–Crippen MR) is 107 cm³/mol. The van der Waals surface area contributed by atoms with Gasteiger partial charge in [0.15, 0.2) is 0 Å². The second-order valence-corrected chi connectivity index (χ2v) is 6.73. The normalized spacial score (nSPS) is 12.5. The molecule has 0 fully saturated rings. The molecule has 0 aliphatic rings. The van der Waals surface area contributed by atoms with Crippen LogP contribution in [0.15, 0.2) is 25.0 Å². The SMILES string of the molecule is N[C@@H](Cc1c[nH]cn1)C(=O)NCCC(=O)N[C@@H](Cc1c[nH]cn1)C(=O)NCCC(=O)O. The molecule has 2 atom stereocenters. The molecule has 13 heteroatoms. The van der Waals surface area contributed by atoms with Gasteiger partial charge in [0.1, 0.15) is 6.04 Å². The summed E-state index contributed by atoms with van der Waals surface area (Å²) in [5.74, 6) is -2.46. The van der Waals surface area contributed by atoms with Crippen LogP contribution in [0, 0.1) is 0 Å². The highest BCUT2D eigenvalue weighted by atomic mass is 16.4. The van der Waals surface area contributed by atoms with Gasteiger partial charge in [0.2, 0.25) is 17.7 Å². The molecule has 0 aromatic carbocycles. The van der Waals surface area contributed by atoms with Crippen molar-refractivity contribution in [3.63, 3.8) is 0 Å². The number of aliphatic carboxylic acids is 1. The molecule has 0 saturated carbocycles. The zero-order chi connectivity index (χ0) is 22.6. The highest BCUT2D eigenvalue weighted by molar-refractivity contribution is 5.88. The standard InChI is InChI=1S/C18H26N8O5/c19-13(5-11-7-20-9-24-11)17(30)22-3-1-15(27)26-14(6-12-8-21-10-25-12)18(31)23-4-2-16(28)29/h7-10,13-14H,1-6,19H2,(H,20,24)(H,21,25)(H,22,30)(H,23,31)(H,26,27)(H,28,29)/t13-,14-/m0/s1. The van der Waals surface area contributed by atoms with Crippen molar-refractivity contribution in [3.8, 4) is 0 Å². The Morgan fingerprint density at radius 3 is 2.10 bits per heavy atom. The number of aromatic nitrogens is 4.